The smallest absolute Gasteiger partial charge is 0.119 e. The summed E-state index contributed by atoms with van der Waals surface area (Å²) in [6.07, 6.45) is 0. The number of rotatable bonds is 7. The summed E-state index contributed by atoms with van der Waals surface area (Å²) in [5, 5.41) is 0. The lowest BCUT2D eigenvalue weighted by Gasteiger charge is -2.32. The molecule has 0 aliphatic carbocycles. The van der Waals surface area contributed by atoms with Gasteiger partial charge in [-0.25, -0.2) is 0 Å². The highest BCUT2D eigenvalue weighted by Gasteiger charge is 2.14. The van der Waals surface area contributed by atoms with Crippen molar-refractivity contribution in [2.45, 2.75) is 13.2 Å². The molecular weight excluding hydrogens is 370 g/mol. The Bertz CT molecular complexity index is 919. The molecule has 1 fully saturated rings. The third-order valence-electron chi connectivity index (χ3n) is 5.77. The second kappa shape index (κ2) is 9.79. The maximum atomic E-state index is 5.92. The summed E-state index contributed by atoms with van der Waals surface area (Å²) in [6.45, 7) is 6.19. The van der Waals surface area contributed by atoms with E-state index in [-0.39, 0.29) is 0 Å². The zero-order chi connectivity index (χ0) is 20.8. The van der Waals surface area contributed by atoms with Crippen molar-refractivity contribution in [3.05, 3.63) is 90.0 Å². The molecule has 0 aromatic heterocycles. The van der Waals surface area contributed by atoms with Gasteiger partial charge in [-0.2, -0.15) is 0 Å². The quantitative estimate of drug-likeness (QED) is 0.567. The molecule has 0 N–H and O–H groups in total. The summed E-state index contributed by atoms with van der Waals surface area (Å²) < 4.78 is 5.92. The van der Waals surface area contributed by atoms with Gasteiger partial charge in [-0.3, -0.25) is 4.90 Å². The second-order valence-corrected chi connectivity index (χ2v) is 8.08. The van der Waals surface area contributed by atoms with Crippen molar-refractivity contribution in [2.75, 3.05) is 45.2 Å². The van der Waals surface area contributed by atoms with E-state index in [0.717, 1.165) is 44.2 Å². The summed E-state index contributed by atoms with van der Waals surface area (Å²) in [4.78, 5) is 7.17. The van der Waals surface area contributed by atoms with Crippen LogP contribution in [-0.4, -0.2) is 50.1 Å². The van der Waals surface area contributed by atoms with Gasteiger partial charge in [-0.1, -0.05) is 42.5 Å². The monoisotopic (exact) mass is 401 g/mol. The minimum atomic E-state index is 0.588. The average molecular weight is 402 g/mol. The van der Waals surface area contributed by atoms with Crippen LogP contribution in [0.15, 0.2) is 78.9 Å². The standard InChI is InChI=1S/C26H31N3O/c1-27-15-17-29(18-16-27)20-23-9-6-10-25(19-23)28(2)24-11-13-26(14-12-24)30-21-22-7-4-3-5-8-22/h3-14,19H,15-18,20-21H2,1-2H3. The van der Waals surface area contributed by atoms with Crippen molar-refractivity contribution in [1.82, 2.24) is 9.80 Å². The van der Waals surface area contributed by atoms with Gasteiger partial charge in [-0.15, -0.1) is 0 Å². The van der Waals surface area contributed by atoms with Crippen LogP contribution in [0.5, 0.6) is 5.75 Å². The van der Waals surface area contributed by atoms with Gasteiger partial charge < -0.3 is 14.5 Å². The van der Waals surface area contributed by atoms with Gasteiger partial charge in [0.25, 0.3) is 0 Å². The molecule has 156 valence electrons. The molecule has 0 unspecified atom stereocenters. The van der Waals surface area contributed by atoms with Gasteiger partial charge >= 0.3 is 0 Å². The first-order chi connectivity index (χ1) is 14.7. The van der Waals surface area contributed by atoms with Crippen molar-refractivity contribution in [3.8, 4) is 5.75 Å². The van der Waals surface area contributed by atoms with Crippen LogP contribution in [0.4, 0.5) is 11.4 Å². The molecule has 0 atom stereocenters. The fourth-order valence-electron chi connectivity index (χ4n) is 3.78. The molecule has 3 aromatic rings. The molecule has 0 amide bonds. The Kier molecular flexibility index (Phi) is 6.67. The van der Waals surface area contributed by atoms with Gasteiger partial charge in [0.05, 0.1) is 0 Å². The average Bonchev–Trinajstić information content (AvgIpc) is 2.80. The third-order valence-corrected chi connectivity index (χ3v) is 5.77. The van der Waals surface area contributed by atoms with Crippen LogP contribution < -0.4 is 9.64 Å². The van der Waals surface area contributed by atoms with Crippen LogP contribution in [0.25, 0.3) is 0 Å². The van der Waals surface area contributed by atoms with Crippen molar-refractivity contribution in [1.29, 1.82) is 0 Å². The zero-order valence-corrected chi connectivity index (χ0v) is 18.0. The van der Waals surface area contributed by atoms with Crippen molar-refractivity contribution in [2.24, 2.45) is 0 Å². The van der Waals surface area contributed by atoms with E-state index in [2.05, 4.69) is 77.3 Å². The highest BCUT2D eigenvalue weighted by Crippen LogP contribution is 2.27. The maximum Gasteiger partial charge on any atom is 0.119 e. The lowest BCUT2D eigenvalue weighted by molar-refractivity contribution is 0.148. The topological polar surface area (TPSA) is 19.0 Å². The van der Waals surface area contributed by atoms with Crippen molar-refractivity contribution in [3.63, 3.8) is 0 Å². The van der Waals surface area contributed by atoms with E-state index in [9.17, 15) is 0 Å². The number of piperazine rings is 1. The normalized spacial score (nSPS) is 15.1. The molecule has 1 aliphatic rings. The molecule has 4 nitrogen and oxygen atoms in total. The number of likely N-dealkylation sites (N-methyl/N-ethyl adjacent to an activating group) is 1. The lowest BCUT2D eigenvalue weighted by Crippen LogP contribution is -2.43. The zero-order valence-electron chi connectivity index (χ0n) is 18.0. The Morgan fingerprint density at radius 1 is 0.767 bits per heavy atom. The summed E-state index contributed by atoms with van der Waals surface area (Å²) in [5.74, 6) is 0.889. The first-order valence-electron chi connectivity index (χ1n) is 10.7. The first-order valence-corrected chi connectivity index (χ1v) is 10.7. The van der Waals surface area contributed by atoms with Crippen LogP contribution in [0, 0.1) is 0 Å². The largest absolute Gasteiger partial charge is 0.489 e. The molecule has 0 spiro atoms. The van der Waals surface area contributed by atoms with Gasteiger partial charge in [0.15, 0.2) is 0 Å². The Morgan fingerprint density at radius 3 is 2.20 bits per heavy atom. The molecule has 0 saturated carbocycles. The van der Waals surface area contributed by atoms with Gasteiger partial charge in [0.1, 0.15) is 12.4 Å². The van der Waals surface area contributed by atoms with Gasteiger partial charge in [0, 0.05) is 51.1 Å². The molecule has 4 rings (SSSR count). The summed E-state index contributed by atoms with van der Waals surface area (Å²) in [6, 6.07) is 27.5. The molecule has 30 heavy (non-hydrogen) atoms. The van der Waals surface area contributed by atoms with Crippen LogP contribution in [0.2, 0.25) is 0 Å². The molecule has 1 saturated heterocycles. The molecule has 1 aliphatic heterocycles. The van der Waals surface area contributed by atoms with E-state index < -0.39 is 0 Å². The number of hydrogen-bond acceptors (Lipinski definition) is 4. The molecular formula is C26H31N3O. The van der Waals surface area contributed by atoms with E-state index in [1.165, 1.54) is 16.8 Å². The Labute approximate surface area is 180 Å². The number of hydrogen-bond donors (Lipinski definition) is 0. The SMILES string of the molecule is CN1CCN(Cc2cccc(N(C)c3ccc(OCc4ccccc4)cc3)c2)CC1. The summed E-state index contributed by atoms with van der Waals surface area (Å²) in [5.41, 5.74) is 4.90. The van der Waals surface area contributed by atoms with E-state index in [0.29, 0.717) is 6.61 Å². The first kappa shape index (κ1) is 20.5. The maximum absolute atomic E-state index is 5.92. The van der Waals surface area contributed by atoms with E-state index in [4.69, 9.17) is 4.74 Å². The Hall–Kier alpha value is -2.82. The van der Waals surface area contributed by atoms with Crippen LogP contribution >= 0.6 is 0 Å². The predicted molar refractivity (Wildman–Crippen MR) is 124 cm³/mol. The fraction of sp³-hybridized carbons (Fsp3) is 0.308. The summed E-state index contributed by atoms with van der Waals surface area (Å²) >= 11 is 0. The number of benzene rings is 3. The minimum Gasteiger partial charge on any atom is -0.489 e. The Balaban J connectivity index is 1.37. The number of anilines is 2. The van der Waals surface area contributed by atoms with Gasteiger partial charge in [-0.05, 0) is 54.6 Å². The van der Waals surface area contributed by atoms with E-state index in [1.54, 1.807) is 0 Å². The predicted octanol–water partition coefficient (Wildman–Crippen LogP) is 4.78. The highest BCUT2D eigenvalue weighted by molar-refractivity contribution is 5.63. The summed E-state index contributed by atoms with van der Waals surface area (Å²) in [7, 11) is 4.32. The number of ether oxygens (including phenoxy) is 1. The molecule has 1 heterocycles. The molecule has 4 heteroatoms. The third kappa shape index (κ3) is 5.41. The molecule has 0 bridgehead atoms. The fourth-order valence-corrected chi connectivity index (χ4v) is 3.78. The highest BCUT2D eigenvalue weighted by atomic mass is 16.5. The van der Waals surface area contributed by atoms with E-state index >= 15 is 0 Å². The minimum absolute atomic E-state index is 0.588. The van der Waals surface area contributed by atoms with Crippen LogP contribution in [0.3, 0.4) is 0 Å². The number of nitrogens with zero attached hydrogens (tertiary/aromatic N) is 3. The molecule has 3 aromatic carbocycles. The second-order valence-electron chi connectivity index (χ2n) is 8.08. The van der Waals surface area contributed by atoms with Crippen LogP contribution in [-0.2, 0) is 13.2 Å². The molecule has 0 radical (unpaired) electrons. The van der Waals surface area contributed by atoms with Crippen molar-refractivity contribution < 1.29 is 4.74 Å². The Morgan fingerprint density at radius 2 is 1.47 bits per heavy atom. The lowest BCUT2D eigenvalue weighted by atomic mass is 10.1. The van der Waals surface area contributed by atoms with Gasteiger partial charge in [0.2, 0.25) is 0 Å². The van der Waals surface area contributed by atoms with E-state index in [1.807, 2.05) is 30.3 Å². The van der Waals surface area contributed by atoms with Crippen LogP contribution in [0.1, 0.15) is 11.1 Å². The van der Waals surface area contributed by atoms with Crippen molar-refractivity contribution >= 4 is 11.4 Å².